The van der Waals surface area contributed by atoms with Gasteiger partial charge in [0.05, 0.1) is 5.92 Å². The number of rotatable bonds is 38. The minimum atomic E-state index is -0.780. The molecular weight excluding hydrogens is 687 g/mol. The van der Waals surface area contributed by atoms with Crippen LogP contribution in [0.1, 0.15) is 233 Å². The second kappa shape index (κ2) is 36.7. The summed E-state index contributed by atoms with van der Waals surface area (Å²) in [6.45, 7) is 10.6. The summed E-state index contributed by atoms with van der Waals surface area (Å²) in [6, 6.07) is 0. The number of carbonyl (C=O) groups is 3. The lowest BCUT2D eigenvalue weighted by Crippen LogP contribution is -2.38. The number of piperidine rings is 1. The predicted octanol–water partition coefficient (Wildman–Crippen LogP) is 13.3. The molecule has 0 aromatic rings. The fraction of sp³-hybridized carbons (Fsp3) is 0.938. The molecule has 1 rings (SSSR count). The van der Waals surface area contributed by atoms with Crippen LogP contribution in [0.4, 0.5) is 0 Å². The number of hydrogen-bond acceptors (Lipinski definition) is 7. The van der Waals surface area contributed by atoms with Gasteiger partial charge in [-0.25, -0.2) is 0 Å². The number of unbranched alkanes of at least 4 members (excludes halogenated alkanes) is 16. The van der Waals surface area contributed by atoms with Crippen molar-refractivity contribution < 1.29 is 28.6 Å². The second-order valence-electron chi connectivity index (χ2n) is 17.3. The molecule has 7 heteroatoms. The molecule has 0 N–H and O–H groups in total. The average molecular weight is 778 g/mol. The first-order chi connectivity index (χ1) is 26.8. The predicted molar refractivity (Wildman–Crippen MR) is 230 cm³/mol. The minimum Gasteiger partial charge on any atom is -0.462 e. The Morgan fingerprint density at radius 1 is 0.491 bits per heavy atom. The molecule has 1 fully saturated rings. The van der Waals surface area contributed by atoms with Crippen LogP contribution in [0.15, 0.2) is 0 Å². The van der Waals surface area contributed by atoms with Gasteiger partial charge >= 0.3 is 17.9 Å². The molecule has 0 amide bonds. The third kappa shape index (κ3) is 30.2. The fourth-order valence-electron chi connectivity index (χ4n) is 8.22. The van der Waals surface area contributed by atoms with E-state index in [9.17, 15) is 14.4 Å². The summed E-state index contributed by atoms with van der Waals surface area (Å²) in [5.41, 5.74) is 0. The van der Waals surface area contributed by atoms with Crippen LogP contribution in [-0.4, -0.2) is 62.3 Å². The van der Waals surface area contributed by atoms with E-state index < -0.39 is 6.10 Å². The molecule has 1 heterocycles. The molecule has 0 aromatic heterocycles. The van der Waals surface area contributed by atoms with E-state index in [0.29, 0.717) is 24.7 Å². The SMILES string of the molecule is CCCCCCCC(CCCCCCC)CCCC(=O)OCC(COC(=O)CCCC(CCCCCCC)CCCCCCC)OC(=O)C1CCN(C)CC1. The van der Waals surface area contributed by atoms with E-state index in [2.05, 4.69) is 39.6 Å². The molecule has 0 atom stereocenters. The van der Waals surface area contributed by atoms with Crippen LogP contribution in [0, 0.1) is 17.8 Å². The third-order valence-electron chi connectivity index (χ3n) is 12.0. The molecule has 0 aliphatic carbocycles. The minimum absolute atomic E-state index is 0.0686. The monoisotopic (exact) mass is 778 g/mol. The van der Waals surface area contributed by atoms with Crippen molar-refractivity contribution in [2.75, 3.05) is 33.4 Å². The first-order valence-corrected chi connectivity index (χ1v) is 24.0. The lowest BCUT2D eigenvalue weighted by molar-refractivity contribution is -0.170. The van der Waals surface area contributed by atoms with E-state index in [1.807, 2.05) is 0 Å². The van der Waals surface area contributed by atoms with Crippen molar-refractivity contribution in [1.82, 2.24) is 4.90 Å². The molecule has 0 saturated carbocycles. The van der Waals surface area contributed by atoms with Gasteiger partial charge in [0, 0.05) is 12.8 Å². The summed E-state index contributed by atoms with van der Waals surface area (Å²) < 4.78 is 17.3. The Morgan fingerprint density at radius 2 is 0.818 bits per heavy atom. The summed E-state index contributed by atoms with van der Waals surface area (Å²) in [7, 11) is 2.07. The number of nitrogens with zero attached hydrogens (tertiary/aromatic N) is 1. The standard InChI is InChI=1S/C48H91NO6/c1-6-10-14-18-22-28-42(29-23-19-15-11-7-2)32-26-34-46(50)53-40-45(55-48(52)44-36-38-49(5)39-37-44)41-54-47(51)35-27-33-43(30-24-20-16-12-8-3)31-25-21-17-13-9-4/h42-45H,6-41H2,1-5H3. The van der Waals surface area contributed by atoms with Crippen LogP contribution in [0.25, 0.3) is 0 Å². The maximum atomic E-state index is 13.2. The van der Waals surface area contributed by atoms with Gasteiger partial charge in [0.15, 0.2) is 6.10 Å². The first kappa shape index (κ1) is 51.4. The number of likely N-dealkylation sites (tertiary alicyclic amines) is 1. The molecule has 1 aliphatic rings. The quantitative estimate of drug-likeness (QED) is 0.0351. The van der Waals surface area contributed by atoms with Gasteiger partial charge in [0.25, 0.3) is 0 Å². The molecule has 1 aliphatic heterocycles. The highest BCUT2D eigenvalue weighted by atomic mass is 16.6. The van der Waals surface area contributed by atoms with E-state index in [4.69, 9.17) is 14.2 Å². The third-order valence-corrected chi connectivity index (χ3v) is 12.0. The lowest BCUT2D eigenvalue weighted by atomic mass is 9.90. The van der Waals surface area contributed by atoms with Crippen LogP contribution in [-0.2, 0) is 28.6 Å². The Kier molecular flexibility index (Phi) is 34.3. The van der Waals surface area contributed by atoms with Crippen LogP contribution < -0.4 is 0 Å². The highest BCUT2D eigenvalue weighted by Crippen LogP contribution is 2.26. The van der Waals surface area contributed by atoms with Gasteiger partial charge in [-0.2, -0.15) is 0 Å². The Morgan fingerprint density at radius 3 is 1.16 bits per heavy atom. The van der Waals surface area contributed by atoms with Gasteiger partial charge in [-0.15, -0.1) is 0 Å². The van der Waals surface area contributed by atoms with Gasteiger partial charge in [0.2, 0.25) is 0 Å². The zero-order valence-electron chi connectivity index (χ0n) is 37.2. The normalized spacial score (nSPS) is 14.0. The van der Waals surface area contributed by atoms with Gasteiger partial charge in [-0.05, 0) is 70.5 Å². The van der Waals surface area contributed by atoms with Crippen molar-refractivity contribution in [3.63, 3.8) is 0 Å². The Bertz CT molecular complexity index is 821. The van der Waals surface area contributed by atoms with Crippen molar-refractivity contribution in [1.29, 1.82) is 0 Å². The smallest absolute Gasteiger partial charge is 0.309 e. The molecule has 55 heavy (non-hydrogen) atoms. The summed E-state index contributed by atoms with van der Waals surface area (Å²) in [5.74, 6) is 0.383. The highest BCUT2D eigenvalue weighted by molar-refractivity contribution is 5.73. The van der Waals surface area contributed by atoms with Crippen molar-refractivity contribution >= 4 is 17.9 Å². The van der Waals surface area contributed by atoms with Crippen LogP contribution in [0.5, 0.6) is 0 Å². The number of ether oxygens (including phenoxy) is 3. The topological polar surface area (TPSA) is 82.1 Å². The van der Waals surface area contributed by atoms with Crippen molar-refractivity contribution in [3.8, 4) is 0 Å². The average Bonchev–Trinajstić information content (AvgIpc) is 3.18. The van der Waals surface area contributed by atoms with Crippen molar-refractivity contribution in [2.24, 2.45) is 17.8 Å². The fourth-order valence-corrected chi connectivity index (χ4v) is 8.22. The van der Waals surface area contributed by atoms with E-state index >= 15 is 0 Å². The molecule has 7 nitrogen and oxygen atoms in total. The molecule has 0 radical (unpaired) electrons. The maximum Gasteiger partial charge on any atom is 0.309 e. The summed E-state index contributed by atoms with van der Waals surface area (Å²) >= 11 is 0. The van der Waals surface area contributed by atoms with E-state index in [1.165, 1.54) is 154 Å². The van der Waals surface area contributed by atoms with Crippen LogP contribution in [0.3, 0.4) is 0 Å². The maximum absolute atomic E-state index is 13.2. The Hall–Kier alpha value is -1.63. The molecule has 1 saturated heterocycles. The number of esters is 3. The molecule has 0 spiro atoms. The summed E-state index contributed by atoms with van der Waals surface area (Å²) in [4.78, 5) is 41.3. The van der Waals surface area contributed by atoms with Crippen molar-refractivity contribution in [2.45, 2.75) is 239 Å². The first-order valence-electron chi connectivity index (χ1n) is 24.0. The zero-order chi connectivity index (χ0) is 40.2. The molecule has 324 valence electrons. The van der Waals surface area contributed by atoms with Gasteiger partial charge in [0.1, 0.15) is 13.2 Å². The van der Waals surface area contributed by atoms with E-state index in [0.717, 1.165) is 51.6 Å². The largest absolute Gasteiger partial charge is 0.462 e. The zero-order valence-corrected chi connectivity index (χ0v) is 37.2. The molecule has 0 bridgehead atoms. The Labute approximate surface area is 340 Å². The van der Waals surface area contributed by atoms with Gasteiger partial charge < -0.3 is 19.1 Å². The molecule has 0 unspecified atom stereocenters. The van der Waals surface area contributed by atoms with E-state index in [-0.39, 0.29) is 37.0 Å². The van der Waals surface area contributed by atoms with Crippen molar-refractivity contribution in [3.05, 3.63) is 0 Å². The van der Waals surface area contributed by atoms with Crippen LogP contribution in [0.2, 0.25) is 0 Å². The van der Waals surface area contributed by atoms with Crippen LogP contribution >= 0.6 is 0 Å². The summed E-state index contributed by atoms with van der Waals surface area (Å²) in [6.07, 6.45) is 36.2. The van der Waals surface area contributed by atoms with Gasteiger partial charge in [-0.1, -0.05) is 182 Å². The number of carbonyl (C=O) groups excluding carboxylic acids is 3. The number of hydrogen-bond donors (Lipinski definition) is 0. The lowest BCUT2D eigenvalue weighted by Gasteiger charge is -2.28. The molecule has 0 aromatic carbocycles. The molecular formula is C48H91NO6. The van der Waals surface area contributed by atoms with E-state index in [1.54, 1.807) is 0 Å². The van der Waals surface area contributed by atoms with Gasteiger partial charge in [-0.3, -0.25) is 14.4 Å². The highest BCUT2D eigenvalue weighted by Gasteiger charge is 2.28. The second-order valence-corrected chi connectivity index (χ2v) is 17.3. The summed E-state index contributed by atoms with van der Waals surface area (Å²) in [5, 5.41) is 0. The Balaban J connectivity index is 2.64.